The lowest BCUT2D eigenvalue weighted by Gasteiger charge is -2.31. The number of hydrogen-bond donors (Lipinski definition) is 1. The maximum Gasteiger partial charge on any atom is 0.222 e. The van der Waals surface area contributed by atoms with E-state index in [9.17, 15) is 9.90 Å². The van der Waals surface area contributed by atoms with E-state index < -0.39 is 6.10 Å². The molecule has 2 aromatic carbocycles. The first-order valence-electron chi connectivity index (χ1n) is 10.4. The molecule has 0 spiro atoms. The standard InChI is InChI=1S/C24H29N3O2/c1-26(24(29)11-10-21-14-19-7-4-5-9-23(19)25-21)16-22(28)17-27-13-12-18-6-2-3-8-20(18)15-27/h2-9,22,28H,10-17H2,1H3/t22-/m0/s1. The molecule has 1 atom stereocenters. The van der Waals surface area contributed by atoms with Gasteiger partial charge in [-0.3, -0.25) is 14.7 Å². The fraction of sp³-hybridized carbons (Fsp3) is 0.417. The number of aliphatic hydroxyl groups is 1. The van der Waals surface area contributed by atoms with Gasteiger partial charge in [0.25, 0.3) is 0 Å². The Kier molecular flexibility index (Phi) is 6.07. The number of carbonyl (C=O) groups excluding carboxylic acids is 1. The quantitative estimate of drug-likeness (QED) is 0.789. The largest absolute Gasteiger partial charge is 0.390 e. The molecule has 0 saturated heterocycles. The van der Waals surface area contributed by atoms with Crippen LogP contribution in [-0.4, -0.2) is 59.3 Å². The minimum Gasteiger partial charge on any atom is -0.390 e. The van der Waals surface area contributed by atoms with Crippen molar-refractivity contribution in [3.8, 4) is 0 Å². The Balaban J connectivity index is 1.21. The number of nitrogens with zero attached hydrogens (tertiary/aromatic N) is 3. The molecule has 152 valence electrons. The number of amides is 1. The Bertz CT molecular complexity index is 909. The van der Waals surface area contributed by atoms with Crippen molar-refractivity contribution in [3.63, 3.8) is 0 Å². The molecule has 2 heterocycles. The molecule has 1 amide bonds. The molecule has 0 fully saturated rings. The third-order valence-corrected chi connectivity index (χ3v) is 5.88. The summed E-state index contributed by atoms with van der Waals surface area (Å²) in [6.45, 7) is 2.77. The number of benzene rings is 2. The van der Waals surface area contributed by atoms with Crippen LogP contribution in [0.1, 0.15) is 29.5 Å². The molecule has 5 heteroatoms. The molecule has 0 aliphatic carbocycles. The van der Waals surface area contributed by atoms with Gasteiger partial charge in [0, 0.05) is 51.8 Å². The van der Waals surface area contributed by atoms with Crippen molar-refractivity contribution >= 4 is 17.3 Å². The summed E-state index contributed by atoms with van der Waals surface area (Å²) >= 11 is 0. The summed E-state index contributed by atoms with van der Waals surface area (Å²) in [5.41, 5.74) is 6.08. The normalized spacial score (nSPS) is 16.7. The van der Waals surface area contributed by atoms with E-state index in [-0.39, 0.29) is 5.91 Å². The van der Waals surface area contributed by atoms with Gasteiger partial charge in [0.15, 0.2) is 0 Å². The molecule has 5 nitrogen and oxygen atoms in total. The van der Waals surface area contributed by atoms with E-state index >= 15 is 0 Å². The fourth-order valence-electron chi connectivity index (χ4n) is 4.27. The average Bonchev–Trinajstić information content (AvgIpc) is 3.14. The van der Waals surface area contributed by atoms with Crippen molar-refractivity contribution < 1.29 is 9.90 Å². The molecule has 0 unspecified atom stereocenters. The first kappa shape index (κ1) is 19.8. The molecule has 0 aromatic heterocycles. The number of β-amino-alcohol motifs (C(OH)–C–C–N with tert-alkyl or cyclic N) is 1. The first-order valence-corrected chi connectivity index (χ1v) is 10.4. The van der Waals surface area contributed by atoms with Crippen LogP contribution in [0.4, 0.5) is 5.69 Å². The average molecular weight is 392 g/mol. The van der Waals surface area contributed by atoms with Crippen molar-refractivity contribution in [3.05, 3.63) is 65.2 Å². The van der Waals surface area contributed by atoms with Crippen molar-refractivity contribution in [1.82, 2.24) is 9.80 Å². The molecule has 0 bridgehead atoms. The highest BCUT2D eigenvalue weighted by molar-refractivity contribution is 5.95. The van der Waals surface area contributed by atoms with E-state index in [1.807, 2.05) is 18.2 Å². The SMILES string of the molecule is CN(C[C@H](O)CN1CCc2ccccc2C1)C(=O)CCC1=Nc2ccccc2C1. The zero-order chi connectivity index (χ0) is 20.2. The van der Waals surface area contributed by atoms with Gasteiger partial charge in [0.2, 0.25) is 5.91 Å². The minimum absolute atomic E-state index is 0.0618. The molecular formula is C24H29N3O2. The molecule has 0 radical (unpaired) electrons. The molecular weight excluding hydrogens is 362 g/mol. The number of aliphatic hydroxyl groups excluding tert-OH is 1. The Morgan fingerprint density at radius 2 is 1.86 bits per heavy atom. The highest BCUT2D eigenvalue weighted by Crippen LogP contribution is 2.27. The Morgan fingerprint density at radius 3 is 2.66 bits per heavy atom. The number of rotatable bonds is 7. The molecule has 1 N–H and O–H groups in total. The van der Waals surface area contributed by atoms with Crippen LogP contribution in [0.15, 0.2) is 53.5 Å². The molecule has 4 rings (SSSR count). The van der Waals surface area contributed by atoms with Crippen LogP contribution in [0.25, 0.3) is 0 Å². The predicted octanol–water partition coefficient (Wildman–Crippen LogP) is 2.97. The number of likely N-dealkylation sites (N-methyl/N-ethyl adjacent to an activating group) is 1. The Labute approximate surface area is 172 Å². The van der Waals surface area contributed by atoms with Crippen molar-refractivity contribution in [2.75, 3.05) is 26.7 Å². The topological polar surface area (TPSA) is 56.1 Å². The van der Waals surface area contributed by atoms with E-state index in [1.54, 1.807) is 11.9 Å². The van der Waals surface area contributed by atoms with Crippen LogP contribution in [-0.2, 0) is 24.2 Å². The monoisotopic (exact) mass is 391 g/mol. The highest BCUT2D eigenvalue weighted by Gasteiger charge is 2.21. The van der Waals surface area contributed by atoms with Crippen LogP contribution < -0.4 is 0 Å². The molecule has 2 aliphatic heterocycles. The Morgan fingerprint density at radius 1 is 1.14 bits per heavy atom. The molecule has 2 aliphatic rings. The maximum atomic E-state index is 12.5. The maximum absolute atomic E-state index is 12.5. The third-order valence-electron chi connectivity index (χ3n) is 5.88. The van der Waals surface area contributed by atoms with E-state index in [0.717, 1.165) is 37.3 Å². The van der Waals surface area contributed by atoms with Gasteiger partial charge in [-0.1, -0.05) is 42.5 Å². The number of fused-ring (bicyclic) bond motifs is 2. The minimum atomic E-state index is -0.540. The van der Waals surface area contributed by atoms with Gasteiger partial charge in [0.1, 0.15) is 0 Å². The summed E-state index contributed by atoms with van der Waals surface area (Å²) in [5.74, 6) is 0.0618. The van der Waals surface area contributed by atoms with Crippen molar-refractivity contribution in [2.45, 2.75) is 38.3 Å². The molecule has 0 saturated carbocycles. The summed E-state index contributed by atoms with van der Waals surface area (Å²) in [4.78, 5) is 21.1. The molecule has 2 aromatic rings. The highest BCUT2D eigenvalue weighted by atomic mass is 16.3. The van der Waals surface area contributed by atoms with Crippen LogP contribution in [0, 0.1) is 0 Å². The number of aliphatic imine (C=N–C) groups is 1. The lowest BCUT2D eigenvalue weighted by Crippen LogP contribution is -2.42. The Hall–Kier alpha value is -2.50. The smallest absolute Gasteiger partial charge is 0.222 e. The first-order chi connectivity index (χ1) is 14.1. The van der Waals surface area contributed by atoms with Gasteiger partial charge in [0.05, 0.1) is 11.8 Å². The fourth-order valence-corrected chi connectivity index (χ4v) is 4.27. The predicted molar refractivity (Wildman–Crippen MR) is 116 cm³/mol. The van der Waals surface area contributed by atoms with E-state index in [2.05, 4.69) is 40.2 Å². The van der Waals surface area contributed by atoms with E-state index in [4.69, 9.17) is 0 Å². The zero-order valence-electron chi connectivity index (χ0n) is 17.1. The van der Waals surface area contributed by atoms with Crippen LogP contribution >= 0.6 is 0 Å². The van der Waals surface area contributed by atoms with Gasteiger partial charge in [-0.15, -0.1) is 0 Å². The second kappa shape index (κ2) is 8.89. The summed E-state index contributed by atoms with van der Waals surface area (Å²) in [7, 11) is 1.78. The van der Waals surface area contributed by atoms with Crippen molar-refractivity contribution in [2.24, 2.45) is 4.99 Å². The summed E-state index contributed by atoms with van der Waals surface area (Å²) in [5, 5.41) is 10.5. The number of para-hydroxylation sites is 1. The third kappa shape index (κ3) is 4.92. The van der Waals surface area contributed by atoms with E-state index in [0.29, 0.717) is 25.9 Å². The zero-order valence-corrected chi connectivity index (χ0v) is 17.1. The second-order valence-electron chi connectivity index (χ2n) is 8.17. The van der Waals surface area contributed by atoms with Crippen LogP contribution in [0.5, 0.6) is 0 Å². The van der Waals surface area contributed by atoms with Gasteiger partial charge in [-0.25, -0.2) is 0 Å². The summed E-state index contributed by atoms with van der Waals surface area (Å²) < 4.78 is 0. The van der Waals surface area contributed by atoms with Gasteiger partial charge >= 0.3 is 0 Å². The molecule has 29 heavy (non-hydrogen) atoms. The number of carbonyl (C=O) groups is 1. The second-order valence-corrected chi connectivity index (χ2v) is 8.17. The van der Waals surface area contributed by atoms with E-state index in [1.165, 1.54) is 16.7 Å². The van der Waals surface area contributed by atoms with Crippen LogP contribution in [0.3, 0.4) is 0 Å². The van der Waals surface area contributed by atoms with Crippen LogP contribution in [0.2, 0.25) is 0 Å². The number of hydrogen-bond acceptors (Lipinski definition) is 4. The summed E-state index contributed by atoms with van der Waals surface area (Å²) in [6, 6.07) is 16.6. The summed E-state index contributed by atoms with van der Waals surface area (Å²) in [6.07, 6.45) is 2.43. The lowest BCUT2D eigenvalue weighted by atomic mass is 10.00. The van der Waals surface area contributed by atoms with Crippen molar-refractivity contribution in [1.29, 1.82) is 0 Å². The van der Waals surface area contributed by atoms with Gasteiger partial charge in [-0.2, -0.15) is 0 Å². The van der Waals surface area contributed by atoms with Gasteiger partial charge < -0.3 is 10.0 Å². The lowest BCUT2D eigenvalue weighted by molar-refractivity contribution is -0.131. The van der Waals surface area contributed by atoms with Gasteiger partial charge in [-0.05, 0) is 35.6 Å².